The summed E-state index contributed by atoms with van der Waals surface area (Å²) < 4.78 is 14.7. The Bertz CT molecular complexity index is 734. The lowest BCUT2D eigenvalue weighted by molar-refractivity contribution is 0.269. The van der Waals surface area contributed by atoms with Gasteiger partial charge >= 0.3 is 0 Å². The number of aromatic amines is 1. The number of nitrogens with one attached hydrogen (secondary N) is 2. The number of hydrogen-bond acceptors (Lipinski definition) is 4. The first-order valence-corrected chi connectivity index (χ1v) is 6.91. The van der Waals surface area contributed by atoms with Crippen LogP contribution in [-0.4, -0.2) is 31.7 Å². The molecule has 0 fully saturated rings. The summed E-state index contributed by atoms with van der Waals surface area (Å²) in [5.74, 6) is -0.265. The molecule has 3 rings (SSSR count). The van der Waals surface area contributed by atoms with Crippen molar-refractivity contribution in [3.8, 4) is 11.3 Å². The number of benzene rings is 1. The van der Waals surface area contributed by atoms with Crippen molar-refractivity contribution in [1.82, 2.24) is 20.0 Å². The number of halogens is 1. The van der Waals surface area contributed by atoms with Crippen molar-refractivity contribution in [3.05, 3.63) is 54.2 Å². The van der Waals surface area contributed by atoms with Gasteiger partial charge in [0.1, 0.15) is 5.82 Å². The van der Waals surface area contributed by atoms with E-state index in [0.717, 1.165) is 22.5 Å². The Labute approximate surface area is 126 Å². The minimum absolute atomic E-state index is 0.0531. The predicted octanol–water partition coefficient (Wildman–Crippen LogP) is 2.02. The Balaban J connectivity index is 1.70. The van der Waals surface area contributed by atoms with E-state index in [2.05, 4.69) is 20.6 Å². The van der Waals surface area contributed by atoms with Crippen LogP contribution in [0.3, 0.4) is 0 Å². The van der Waals surface area contributed by atoms with Gasteiger partial charge < -0.3 is 10.4 Å². The predicted molar refractivity (Wildman–Crippen MR) is 80.6 cm³/mol. The second-order valence-electron chi connectivity index (χ2n) is 4.85. The van der Waals surface area contributed by atoms with Crippen LogP contribution in [0, 0.1) is 5.82 Å². The van der Waals surface area contributed by atoms with Crippen LogP contribution in [0.2, 0.25) is 0 Å². The van der Waals surface area contributed by atoms with Gasteiger partial charge in [-0.15, -0.1) is 0 Å². The Morgan fingerprint density at radius 2 is 2.05 bits per heavy atom. The third-order valence-corrected chi connectivity index (χ3v) is 3.30. The Morgan fingerprint density at radius 3 is 2.82 bits per heavy atom. The number of aliphatic hydroxyl groups excluding tert-OH is 1. The second kappa shape index (κ2) is 6.40. The van der Waals surface area contributed by atoms with Crippen molar-refractivity contribution in [3.63, 3.8) is 0 Å². The molecule has 22 heavy (non-hydrogen) atoms. The summed E-state index contributed by atoms with van der Waals surface area (Å²) in [7, 11) is 0. The highest BCUT2D eigenvalue weighted by atomic mass is 19.1. The van der Waals surface area contributed by atoms with Crippen LogP contribution in [0.15, 0.2) is 42.9 Å². The van der Waals surface area contributed by atoms with Gasteiger partial charge in [0, 0.05) is 23.9 Å². The van der Waals surface area contributed by atoms with E-state index in [1.807, 2.05) is 6.20 Å². The van der Waals surface area contributed by atoms with E-state index < -0.39 is 0 Å². The molecule has 0 amide bonds. The zero-order valence-corrected chi connectivity index (χ0v) is 11.8. The quantitative estimate of drug-likeness (QED) is 0.651. The van der Waals surface area contributed by atoms with Crippen molar-refractivity contribution in [2.24, 2.45) is 0 Å². The Hall–Kier alpha value is -2.67. The SMILES string of the molecule is OCCn1cc(NCc2cn[nH]c2-c2ccc(F)cc2)cn1. The molecule has 0 saturated heterocycles. The van der Waals surface area contributed by atoms with Gasteiger partial charge in [-0.2, -0.15) is 10.2 Å². The molecule has 0 unspecified atom stereocenters. The zero-order chi connectivity index (χ0) is 15.4. The molecule has 3 aromatic rings. The molecule has 0 saturated carbocycles. The minimum Gasteiger partial charge on any atom is -0.394 e. The summed E-state index contributed by atoms with van der Waals surface area (Å²) in [5.41, 5.74) is 3.57. The fourth-order valence-electron chi connectivity index (χ4n) is 2.19. The normalized spacial score (nSPS) is 10.8. The Morgan fingerprint density at radius 1 is 1.23 bits per heavy atom. The maximum atomic E-state index is 13.0. The fraction of sp³-hybridized carbons (Fsp3) is 0.200. The molecule has 0 spiro atoms. The first-order chi connectivity index (χ1) is 10.8. The van der Waals surface area contributed by atoms with Crippen molar-refractivity contribution >= 4 is 5.69 Å². The molecule has 0 radical (unpaired) electrons. The average molecular weight is 301 g/mol. The third kappa shape index (κ3) is 3.15. The molecule has 2 aromatic heterocycles. The number of anilines is 1. The standard InChI is InChI=1S/C15H16FN5O/c16-13-3-1-11(2-4-13)15-12(8-18-20-15)7-17-14-9-19-21(10-14)5-6-22/h1-4,8-10,17,22H,5-7H2,(H,18,20). The number of aliphatic hydroxyl groups is 1. The molecule has 2 heterocycles. The van der Waals surface area contributed by atoms with Gasteiger partial charge in [-0.3, -0.25) is 9.78 Å². The molecule has 0 aliphatic carbocycles. The first kappa shape index (κ1) is 14.3. The van der Waals surface area contributed by atoms with E-state index in [4.69, 9.17) is 5.11 Å². The summed E-state index contributed by atoms with van der Waals surface area (Å²) >= 11 is 0. The van der Waals surface area contributed by atoms with Crippen LogP contribution < -0.4 is 5.32 Å². The molecule has 0 aliphatic rings. The topological polar surface area (TPSA) is 78.8 Å². The maximum Gasteiger partial charge on any atom is 0.123 e. The number of rotatable bonds is 6. The largest absolute Gasteiger partial charge is 0.394 e. The molecule has 114 valence electrons. The fourth-order valence-corrected chi connectivity index (χ4v) is 2.19. The van der Waals surface area contributed by atoms with E-state index in [9.17, 15) is 4.39 Å². The minimum atomic E-state index is -0.265. The lowest BCUT2D eigenvalue weighted by Gasteiger charge is -2.05. The molecule has 7 heteroatoms. The number of aromatic nitrogens is 4. The second-order valence-corrected chi connectivity index (χ2v) is 4.85. The van der Waals surface area contributed by atoms with Crippen LogP contribution in [0.4, 0.5) is 10.1 Å². The van der Waals surface area contributed by atoms with Gasteiger partial charge in [-0.05, 0) is 24.3 Å². The summed E-state index contributed by atoms with van der Waals surface area (Å²) in [6.07, 6.45) is 5.27. The van der Waals surface area contributed by atoms with E-state index in [0.29, 0.717) is 13.1 Å². The number of nitrogens with zero attached hydrogens (tertiary/aromatic N) is 3. The number of hydrogen-bond donors (Lipinski definition) is 3. The van der Waals surface area contributed by atoms with Crippen LogP contribution in [-0.2, 0) is 13.1 Å². The summed E-state index contributed by atoms with van der Waals surface area (Å²) in [4.78, 5) is 0. The molecule has 1 aromatic carbocycles. The van der Waals surface area contributed by atoms with E-state index >= 15 is 0 Å². The average Bonchev–Trinajstić information content (AvgIpc) is 3.15. The molecular formula is C15H16FN5O. The van der Waals surface area contributed by atoms with Gasteiger partial charge in [0.2, 0.25) is 0 Å². The monoisotopic (exact) mass is 301 g/mol. The highest BCUT2D eigenvalue weighted by molar-refractivity contribution is 5.63. The molecular weight excluding hydrogens is 285 g/mol. The molecule has 6 nitrogen and oxygen atoms in total. The van der Waals surface area contributed by atoms with Crippen molar-refractivity contribution in [1.29, 1.82) is 0 Å². The van der Waals surface area contributed by atoms with Crippen LogP contribution in [0.5, 0.6) is 0 Å². The maximum absolute atomic E-state index is 13.0. The third-order valence-electron chi connectivity index (χ3n) is 3.30. The highest BCUT2D eigenvalue weighted by Crippen LogP contribution is 2.22. The first-order valence-electron chi connectivity index (χ1n) is 6.91. The lowest BCUT2D eigenvalue weighted by atomic mass is 10.1. The van der Waals surface area contributed by atoms with Crippen molar-refractivity contribution in [2.45, 2.75) is 13.1 Å². The number of H-pyrrole nitrogens is 1. The van der Waals surface area contributed by atoms with E-state index in [1.54, 1.807) is 29.2 Å². The van der Waals surface area contributed by atoms with Crippen LogP contribution in [0.1, 0.15) is 5.56 Å². The zero-order valence-electron chi connectivity index (χ0n) is 11.8. The highest BCUT2D eigenvalue weighted by Gasteiger charge is 2.08. The van der Waals surface area contributed by atoms with Crippen LogP contribution >= 0.6 is 0 Å². The Kier molecular flexibility index (Phi) is 4.15. The van der Waals surface area contributed by atoms with Crippen molar-refractivity contribution < 1.29 is 9.50 Å². The lowest BCUT2D eigenvalue weighted by Crippen LogP contribution is -2.02. The van der Waals surface area contributed by atoms with Gasteiger partial charge in [-0.25, -0.2) is 4.39 Å². The summed E-state index contributed by atoms with van der Waals surface area (Å²) in [6.45, 7) is 1.08. The van der Waals surface area contributed by atoms with Gasteiger partial charge in [0.15, 0.2) is 0 Å². The van der Waals surface area contributed by atoms with Gasteiger partial charge in [0.05, 0.1) is 36.9 Å². The summed E-state index contributed by atoms with van der Waals surface area (Å²) in [5, 5.41) is 23.2. The van der Waals surface area contributed by atoms with Crippen LogP contribution in [0.25, 0.3) is 11.3 Å². The van der Waals surface area contributed by atoms with Gasteiger partial charge in [-0.1, -0.05) is 0 Å². The molecule has 3 N–H and O–H groups in total. The molecule has 0 atom stereocenters. The molecule has 0 aliphatic heterocycles. The smallest absolute Gasteiger partial charge is 0.123 e. The van der Waals surface area contributed by atoms with Gasteiger partial charge in [0.25, 0.3) is 0 Å². The van der Waals surface area contributed by atoms with Crippen molar-refractivity contribution in [2.75, 3.05) is 11.9 Å². The summed E-state index contributed by atoms with van der Waals surface area (Å²) in [6, 6.07) is 6.27. The molecule has 0 bridgehead atoms. The van der Waals surface area contributed by atoms with E-state index in [-0.39, 0.29) is 12.4 Å². The van der Waals surface area contributed by atoms with E-state index in [1.165, 1.54) is 12.1 Å².